The zero-order valence-electron chi connectivity index (χ0n) is 29.8. The van der Waals surface area contributed by atoms with Crippen molar-refractivity contribution in [1.29, 1.82) is 0 Å². The minimum absolute atomic E-state index is 0.00605. The number of amides is 2. The van der Waals surface area contributed by atoms with Crippen molar-refractivity contribution in [3.63, 3.8) is 0 Å². The van der Waals surface area contributed by atoms with Gasteiger partial charge in [0.1, 0.15) is 22.5 Å². The van der Waals surface area contributed by atoms with E-state index in [2.05, 4.69) is 17.6 Å². The second-order valence-corrected chi connectivity index (χ2v) is 15.7. The number of alkyl carbamates (subject to hydrolysis) is 1. The quantitative estimate of drug-likeness (QED) is 0.235. The maximum Gasteiger partial charge on any atom is 0.407 e. The summed E-state index contributed by atoms with van der Waals surface area (Å²) in [7, 11) is 0. The predicted octanol–water partition coefficient (Wildman–Crippen LogP) is 5.32. The minimum atomic E-state index is -1.76. The summed E-state index contributed by atoms with van der Waals surface area (Å²) in [5.74, 6) is -0.324. The molecule has 7 rings (SSSR count). The molecule has 3 saturated carbocycles. The molecule has 0 spiro atoms. The molecule has 51 heavy (non-hydrogen) atoms. The first-order valence-corrected chi connectivity index (χ1v) is 17.9. The van der Waals surface area contributed by atoms with Gasteiger partial charge >= 0.3 is 11.7 Å². The van der Waals surface area contributed by atoms with Crippen LogP contribution in [0, 0.1) is 49.4 Å². The van der Waals surface area contributed by atoms with Crippen molar-refractivity contribution in [3.8, 4) is 0 Å². The van der Waals surface area contributed by atoms with Gasteiger partial charge in [-0.05, 0) is 100 Å². The molecule has 4 aliphatic rings. The third kappa shape index (κ3) is 5.53. The molecule has 0 saturated heterocycles. The SMILES string of the molecule is Cc1oc2c(C)c3oc(=O)cc(C)c3cc2c1NC(=O)CCNC(=O)OCC(=O)[C@@]1(O)CCC2C3CCC4=CC(=O)CCC4(C)C3C(O)CC21C. The highest BCUT2D eigenvalue weighted by Crippen LogP contribution is 2.67. The number of carbonyl (C=O) groups is 4. The van der Waals surface area contributed by atoms with E-state index < -0.39 is 47.1 Å². The third-order valence-corrected chi connectivity index (χ3v) is 13.0. The number of furan rings is 1. The van der Waals surface area contributed by atoms with Crippen LogP contribution in [-0.2, 0) is 19.1 Å². The Morgan fingerprint density at radius 3 is 2.51 bits per heavy atom. The number of benzene rings is 1. The van der Waals surface area contributed by atoms with Crippen molar-refractivity contribution in [2.45, 2.75) is 97.7 Å². The van der Waals surface area contributed by atoms with E-state index in [9.17, 15) is 34.2 Å². The molecule has 0 bridgehead atoms. The van der Waals surface area contributed by atoms with Gasteiger partial charge in [0.25, 0.3) is 0 Å². The number of fused-ring (bicyclic) bond motifs is 7. The van der Waals surface area contributed by atoms with Crippen molar-refractivity contribution < 1.29 is 43.0 Å². The summed E-state index contributed by atoms with van der Waals surface area (Å²) < 4.78 is 16.6. The lowest BCUT2D eigenvalue weighted by atomic mass is 9.45. The van der Waals surface area contributed by atoms with Crippen LogP contribution in [-0.4, -0.2) is 58.6 Å². The van der Waals surface area contributed by atoms with Crippen LogP contribution in [0.4, 0.5) is 10.5 Å². The standard InChI is InChI=1S/C39H46N2O10/c1-19-14-31(46)51-34-20(2)35-26(16-25(19)34)33(21(3)50-35)41-30(45)10-13-40-36(47)49-18-29(44)39(48)12-9-27-24-7-6-22-15-23(42)8-11-37(22,4)32(24)28(43)17-38(27,39)5/h14-16,24,27-28,32,43,48H,6-13,17-18H2,1-5H3,(H,40,47)(H,41,45)/t24?,27?,28?,32?,37?,38?,39-/m0/s1. The fraction of sp³-hybridized carbons (Fsp3) is 0.564. The Morgan fingerprint density at radius 2 is 1.75 bits per heavy atom. The van der Waals surface area contributed by atoms with Gasteiger partial charge in [0.05, 0.1) is 11.8 Å². The highest BCUT2D eigenvalue weighted by molar-refractivity contribution is 6.08. The molecule has 12 heteroatoms. The van der Waals surface area contributed by atoms with Crippen molar-refractivity contribution in [1.82, 2.24) is 5.32 Å². The molecule has 4 N–H and O–H groups in total. The normalized spacial score (nSPS) is 31.4. The van der Waals surface area contributed by atoms with E-state index in [-0.39, 0.29) is 54.8 Å². The Labute approximate surface area is 295 Å². The van der Waals surface area contributed by atoms with E-state index in [1.165, 1.54) is 6.07 Å². The Hall–Kier alpha value is -4.29. The molecule has 0 radical (unpaired) electrons. The minimum Gasteiger partial charge on any atom is -0.459 e. The maximum atomic E-state index is 13.6. The number of hydrogen-bond acceptors (Lipinski definition) is 10. The Bertz CT molecular complexity index is 2080. The first-order valence-electron chi connectivity index (χ1n) is 17.9. The molecule has 2 amide bonds. The molecular weight excluding hydrogens is 656 g/mol. The lowest BCUT2D eigenvalue weighted by Crippen LogP contribution is -2.62. The van der Waals surface area contributed by atoms with Gasteiger partial charge in [0.15, 0.2) is 12.4 Å². The zero-order chi connectivity index (χ0) is 36.6. The van der Waals surface area contributed by atoms with Crippen molar-refractivity contribution in [2.24, 2.45) is 28.6 Å². The van der Waals surface area contributed by atoms with E-state index in [0.717, 1.165) is 29.4 Å². The predicted molar refractivity (Wildman–Crippen MR) is 187 cm³/mol. The number of nitrogens with one attached hydrogen (secondary N) is 2. The van der Waals surface area contributed by atoms with Crippen molar-refractivity contribution in [3.05, 3.63) is 51.1 Å². The fourth-order valence-electron chi connectivity index (χ4n) is 10.4. The number of ether oxygens (including phenoxy) is 1. The largest absolute Gasteiger partial charge is 0.459 e. The molecule has 2 heterocycles. The van der Waals surface area contributed by atoms with Crippen LogP contribution in [0.2, 0.25) is 0 Å². The van der Waals surface area contributed by atoms with Crippen LogP contribution >= 0.6 is 0 Å². The summed E-state index contributed by atoms with van der Waals surface area (Å²) >= 11 is 0. The number of aryl methyl sites for hydroxylation is 3. The summed E-state index contributed by atoms with van der Waals surface area (Å²) in [5, 5.41) is 30.3. The number of ketones is 2. The number of aliphatic hydroxyl groups is 2. The number of Topliss-reactive ketones (excluding diaryl/α,β-unsaturated/α-hetero) is 1. The summed E-state index contributed by atoms with van der Waals surface area (Å²) in [6.07, 6.45) is 3.86. The van der Waals surface area contributed by atoms with E-state index in [1.807, 2.05) is 13.0 Å². The van der Waals surface area contributed by atoms with E-state index in [4.69, 9.17) is 13.6 Å². The van der Waals surface area contributed by atoms with Gasteiger partial charge in [-0.1, -0.05) is 19.4 Å². The molecule has 2 aromatic heterocycles. The van der Waals surface area contributed by atoms with Gasteiger partial charge in [-0.2, -0.15) is 0 Å². The second-order valence-electron chi connectivity index (χ2n) is 15.7. The number of carbonyl (C=O) groups excluding carboxylic acids is 4. The smallest absolute Gasteiger partial charge is 0.407 e. The molecule has 7 atom stereocenters. The Balaban J connectivity index is 0.947. The fourth-order valence-corrected chi connectivity index (χ4v) is 10.4. The number of allylic oxidation sites excluding steroid dienone is 1. The lowest BCUT2D eigenvalue weighted by molar-refractivity contribution is -0.182. The van der Waals surface area contributed by atoms with Gasteiger partial charge < -0.3 is 34.4 Å². The molecule has 3 aromatic rings. The van der Waals surface area contributed by atoms with E-state index in [1.54, 1.807) is 26.8 Å². The Kier molecular flexibility index (Phi) is 8.57. The average molecular weight is 703 g/mol. The molecular formula is C39H46N2O10. The van der Waals surface area contributed by atoms with Gasteiger partial charge in [-0.25, -0.2) is 9.59 Å². The topological polar surface area (TPSA) is 185 Å². The molecule has 272 valence electrons. The number of hydrogen-bond donors (Lipinski definition) is 4. The van der Waals surface area contributed by atoms with Crippen LogP contribution < -0.4 is 16.3 Å². The van der Waals surface area contributed by atoms with Crippen LogP contribution in [0.3, 0.4) is 0 Å². The second kappa shape index (κ2) is 12.4. The maximum absolute atomic E-state index is 13.6. The number of rotatable bonds is 7. The van der Waals surface area contributed by atoms with Crippen LogP contribution in [0.1, 0.15) is 82.1 Å². The first kappa shape index (κ1) is 35.1. The zero-order valence-corrected chi connectivity index (χ0v) is 29.8. The summed E-state index contributed by atoms with van der Waals surface area (Å²) in [6, 6.07) is 3.22. The number of aliphatic hydroxyl groups excluding tert-OH is 1. The monoisotopic (exact) mass is 702 g/mol. The van der Waals surface area contributed by atoms with Gasteiger partial charge in [-0.3, -0.25) is 14.4 Å². The van der Waals surface area contributed by atoms with Gasteiger partial charge in [-0.15, -0.1) is 0 Å². The van der Waals surface area contributed by atoms with Crippen LogP contribution in [0.5, 0.6) is 0 Å². The summed E-state index contributed by atoms with van der Waals surface area (Å²) in [4.78, 5) is 63.2. The molecule has 6 unspecified atom stereocenters. The first-order chi connectivity index (χ1) is 24.1. The van der Waals surface area contributed by atoms with Crippen LogP contribution in [0.25, 0.3) is 21.9 Å². The molecule has 3 fully saturated rings. The summed E-state index contributed by atoms with van der Waals surface area (Å²) in [5.41, 5.74) is 0.483. The number of anilines is 1. The molecule has 12 nitrogen and oxygen atoms in total. The lowest BCUT2D eigenvalue weighted by Gasteiger charge is -2.60. The molecule has 4 aliphatic carbocycles. The highest BCUT2D eigenvalue weighted by atomic mass is 16.6. The summed E-state index contributed by atoms with van der Waals surface area (Å²) in [6.45, 7) is 8.63. The molecule has 1 aromatic carbocycles. The van der Waals surface area contributed by atoms with Gasteiger partial charge in [0.2, 0.25) is 11.7 Å². The van der Waals surface area contributed by atoms with Crippen molar-refractivity contribution >= 4 is 51.2 Å². The highest BCUT2D eigenvalue weighted by Gasteiger charge is 2.68. The third-order valence-electron chi connectivity index (χ3n) is 13.0. The molecule has 0 aliphatic heterocycles. The average Bonchev–Trinajstić information content (AvgIpc) is 3.52. The van der Waals surface area contributed by atoms with Crippen molar-refractivity contribution in [2.75, 3.05) is 18.5 Å². The van der Waals surface area contributed by atoms with E-state index in [0.29, 0.717) is 52.8 Å². The van der Waals surface area contributed by atoms with E-state index >= 15 is 0 Å². The Morgan fingerprint density at radius 1 is 1.00 bits per heavy atom. The van der Waals surface area contributed by atoms with Gasteiger partial charge in [0, 0.05) is 47.2 Å². The van der Waals surface area contributed by atoms with Crippen LogP contribution in [0.15, 0.2) is 37.4 Å².